The van der Waals surface area contributed by atoms with Crippen molar-refractivity contribution in [3.63, 3.8) is 0 Å². The Kier molecular flexibility index (Phi) is 10.7. The molecule has 0 aliphatic heterocycles. The minimum atomic E-state index is -0.934. The Hall–Kier alpha value is -0.260. The summed E-state index contributed by atoms with van der Waals surface area (Å²) < 4.78 is 11.0. The Labute approximate surface area is 109 Å². The molecule has 0 aliphatic carbocycles. The molecule has 0 heterocycles. The molecule has 1 unspecified atom stereocenters. The first-order valence-corrected chi connectivity index (χ1v) is 6.77. The normalized spacial score (nSPS) is 12.9. The number of carboxylic acid groups (broad SMARTS) is 1. The topological polar surface area (TPSA) is 55.8 Å². The first-order valence-electron chi connectivity index (χ1n) is 6.25. The Morgan fingerprint density at radius 1 is 1.18 bits per heavy atom. The second-order valence-electron chi connectivity index (χ2n) is 3.97. The molecular formula is C12H24O4S. The van der Waals surface area contributed by atoms with Gasteiger partial charge in [-0.1, -0.05) is 26.7 Å². The highest BCUT2D eigenvalue weighted by Crippen LogP contribution is 2.11. The van der Waals surface area contributed by atoms with Crippen molar-refractivity contribution in [3.05, 3.63) is 0 Å². The third kappa shape index (κ3) is 9.44. The summed E-state index contributed by atoms with van der Waals surface area (Å²) >= 11 is 3.99. The highest BCUT2D eigenvalue weighted by Gasteiger charge is 2.19. The molecule has 0 aromatic rings. The number of unbranched alkanes of at least 4 members (excludes halogenated alkanes) is 2. The molecule has 0 radical (unpaired) electrons. The molecule has 17 heavy (non-hydrogen) atoms. The second kappa shape index (κ2) is 10.9. The molecule has 1 atom stereocenters. The molecule has 0 fully saturated rings. The summed E-state index contributed by atoms with van der Waals surface area (Å²) in [5.74, 6) is -0.934. The van der Waals surface area contributed by atoms with E-state index in [2.05, 4.69) is 26.5 Å². The van der Waals surface area contributed by atoms with E-state index in [1.54, 1.807) is 0 Å². The molecule has 0 saturated heterocycles. The maximum atomic E-state index is 10.7. The fourth-order valence-corrected chi connectivity index (χ4v) is 1.36. The van der Waals surface area contributed by atoms with Crippen LogP contribution in [-0.2, 0) is 14.3 Å². The van der Waals surface area contributed by atoms with E-state index in [0.29, 0.717) is 13.2 Å². The van der Waals surface area contributed by atoms with E-state index < -0.39 is 17.5 Å². The maximum Gasteiger partial charge on any atom is 0.316 e. The summed E-state index contributed by atoms with van der Waals surface area (Å²) in [5.41, 5.74) is 0. The largest absolute Gasteiger partial charge is 0.480 e. The van der Waals surface area contributed by atoms with E-state index in [1.807, 2.05) is 0 Å². The Morgan fingerprint density at radius 3 is 2.00 bits per heavy atom. The molecule has 0 saturated carbocycles. The third-order valence-corrected chi connectivity index (χ3v) is 2.74. The summed E-state index contributed by atoms with van der Waals surface area (Å²) in [6.07, 6.45) is 3.84. The smallest absolute Gasteiger partial charge is 0.316 e. The summed E-state index contributed by atoms with van der Waals surface area (Å²) in [5, 5.41) is 8.05. The van der Waals surface area contributed by atoms with Gasteiger partial charge in [-0.15, -0.1) is 0 Å². The van der Waals surface area contributed by atoms with Crippen LogP contribution in [0.2, 0.25) is 0 Å². The number of ether oxygens (including phenoxy) is 2. The van der Waals surface area contributed by atoms with Gasteiger partial charge < -0.3 is 14.6 Å². The Morgan fingerprint density at radius 2 is 1.65 bits per heavy atom. The zero-order chi connectivity index (χ0) is 13.1. The lowest BCUT2D eigenvalue weighted by Gasteiger charge is -2.20. The summed E-state index contributed by atoms with van der Waals surface area (Å²) in [7, 11) is 0. The predicted octanol–water partition coefficient (Wildman–Crippen LogP) is 2.72. The number of rotatable bonds is 11. The molecule has 1 N–H and O–H groups in total. The van der Waals surface area contributed by atoms with Gasteiger partial charge in [0.1, 0.15) is 5.25 Å². The van der Waals surface area contributed by atoms with E-state index in [0.717, 1.165) is 25.7 Å². The van der Waals surface area contributed by atoms with Crippen LogP contribution in [0.1, 0.15) is 46.0 Å². The molecule has 0 amide bonds. The first-order chi connectivity index (χ1) is 8.11. The average molecular weight is 264 g/mol. The van der Waals surface area contributed by atoms with Gasteiger partial charge in [0.15, 0.2) is 6.29 Å². The number of thiol groups is 1. The molecule has 102 valence electrons. The van der Waals surface area contributed by atoms with Crippen LogP contribution in [0.5, 0.6) is 0 Å². The molecule has 0 bridgehead atoms. The van der Waals surface area contributed by atoms with Gasteiger partial charge in [0, 0.05) is 19.6 Å². The SMILES string of the molecule is CCCCOC(CC(S)C(=O)O)OCCCC. The molecular weight excluding hydrogens is 240 g/mol. The Balaban J connectivity index is 3.95. The van der Waals surface area contributed by atoms with Gasteiger partial charge in [-0.05, 0) is 12.8 Å². The lowest BCUT2D eigenvalue weighted by atomic mass is 10.3. The van der Waals surface area contributed by atoms with Crippen molar-refractivity contribution in [1.82, 2.24) is 0 Å². The van der Waals surface area contributed by atoms with E-state index in [9.17, 15) is 4.79 Å². The first kappa shape index (κ1) is 16.7. The minimum absolute atomic E-state index is 0.284. The van der Waals surface area contributed by atoms with Crippen molar-refractivity contribution >= 4 is 18.6 Å². The molecule has 5 heteroatoms. The second-order valence-corrected chi connectivity index (χ2v) is 4.59. The number of carboxylic acids is 1. The van der Waals surface area contributed by atoms with Gasteiger partial charge in [0.05, 0.1) is 0 Å². The van der Waals surface area contributed by atoms with E-state index in [-0.39, 0.29) is 6.42 Å². The fourth-order valence-electron chi connectivity index (χ4n) is 1.19. The van der Waals surface area contributed by atoms with Crippen molar-refractivity contribution in [3.8, 4) is 0 Å². The number of hydrogen-bond acceptors (Lipinski definition) is 4. The van der Waals surface area contributed by atoms with Crippen LogP contribution in [0.15, 0.2) is 0 Å². The van der Waals surface area contributed by atoms with Crippen LogP contribution >= 0.6 is 12.6 Å². The molecule has 4 nitrogen and oxygen atoms in total. The van der Waals surface area contributed by atoms with Crippen molar-refractivity contribution in [1.29, 1.82) is 0 Å². The third-order valence-electron chi connectivity index (χ3n) is 2.30. The number of carbonyl (C=O) groups is 1. The average Bonchev–Trinajstić information content (AvgIpc) is 2.29. The van der Waals surface area contributed by atoms with E-state index >= 15 is 0 Å². The predicted molar refractivity (Wildman–Crippen MR) is 70.5 cm³/mol. The zero-order valence-corrected chi connectivity index (χ0v) is 11.6. The summed E-state index contributed by atoms with van der Waals surface area (Å²) in [6, 6.07) is 0. The van der Waals surface area contributed by atoms with E-state index in [1.165, 1.54) is 0 Å². The molecule has 0 aromatic carbocycles. The van der Waals surface area contributed by atoms with Gasteiger partial charge in [-0.2, -0.15) is 12.6 Å². The fraction of sp³-hybridized carbons (Fsp3) is 0.917. The quantitative estimate of drug-likeness (QED) is 0.342. The monoisotopic (exact) mass is 264 g/mol. The van der Waals surface area contributed by atoms with Gasteiger partial charge in [0.2, 0.25) is 0 Å². The molecule has 0 aromatic heterocycles. The van der Waals surface area contributed by atoms with Crippen LogP contribution in [0.3, 0.4) is 0 Å². The lowest BCUT2D eigenvalue weighted by molar-refractivity contribution is -0.155. The van der Waals surface area contributed by atoms with Gasteiger partial charge in [-0.3, -0.25) is 4.79 Å². The van der Waals surface area contributed by atoms with Crippen molar-refractivity contribution in [2.75, 3.05) is 13.2 Å². The maximum absolute atomic E-state index is 10.7. The zero-order valence-electron chi connectivity index (χ0n) is 10.7. The standard InChI is InChI=1S/C12H24O4S/c1-3-5-7-15-11(16-8-6-4-2)9-10(17)12(13)14/h10-11,17H,3-9H2,1-2H3,(H,13,14). The van der Waals surface area contributed by atoms with Crippen LogP contribution < -0.4 is 0 Å². The van der Waals surface area contributed by atoms with E-state index in [4.69, 9.17) is 14.6 Å². The van der Waals surface area contributed by atoms with Gasteiger partial charge in [0.25, 0.3) is 0 Å². The van der Waals surface area contributed by atoms with Gasteiger partial charge >= 0.3 is 5.97 Å². The highest BCUT2D eigenvalue weighted by atomic mass is 32.1. The van der Waals surface area contributed by atoms with Crippen LogP contribution in [-0.4, -0.2) is 35.8 Å². The Bertz CT molecular complexity index is 189. The van der Waals surface area contributed by atoms with Crippen LogP contribution in [0.4, 0.5) is 0 Å². The lowest BCUT2D eigenvalue weighted by Crippen LogP contribution is -2.26. The molecule has 0 spiro atoms. The summed E-state index contributed by atoms with van der Waals surface area (Å²) in [6.45, 7) is 5.37. The van der Waals surface area contributed by atoms with Crippen LogP contribution in [0.25, 0.3) is 0 Å². The minimum Gasteiger partial charge on any atom is -0.480 e. The number of hydrogen-bond donors (Lipinski definition) is 2. The number of aliphatic carboxylic acids is 1. The van der Waals surface area contributed by atoms with Crippen molar-refractivity contribution < 1.29 is 19.4 Å². The molecule has 0 aliphatic rings. The van der Waals surface area contributed by atoms with Gasteiger partial charge in [-0.25, -0.2) is 0 Å². The summed E-state index contributed by atoms with van der Waals surface area (Å²) in [4.78, 5) is 10.7. The highest BCUT2D eigenvalue weighted by molar-refractivity contribution is 7.81. The van der Waals surface area contributed by atoms with Crippen molar-refractivity contribution in [2.24, 2.45) is 0 Å². The molecule has 0 rings (SSSR count). The van der Waals surface area contributed by atoms with Crippen molar-refractivity contribution in [2.45, 2.75) is 57.5 Å². The van der Waals surface area contributed by atoms with Crippen LogP contribution in [0, 0.1) is 0 Å².